The van der Waals surface area contributed by atoms with E-state index in [4.69, 9.17) is 0 Å². The predicted octanol–water partition coefficient (Wildman–Crippen LogP) is 4.37. The van der Waals surface area contributed by atoms with Crippen LogP contribution in [0.3, 0.4) is 0 Å². The minimum Gasteiger partial charge on any atom is -0.342 e. The van der Waals surface area contributed by atoms with Gasteiger partial charge in [-0.2, -0.15) is 0 Å². The van der Waals surface area contributed by atoms with Gasteiger partial charge in [-0.25, -0.2) is 14.4 Å². The molecule has 0 bridgehead atoms. The van der Waals surface area contributed by atoms with Crippen molar-refractivity contribution in [3.05, 3.63) is 70.4 Å². The van der Waals surface area contributed by atoms with E-state index in [-0.39, 0.29) is 17.6 Å². The summed E-state index contributed by atoms with van der Waals surface area (Å²) < 4.78 is 13.4. The number of thiophene rings is 1. The Kier molecular flexibility index (Phi) is 5.62. The Morgan fingerprint density at radius 1 is 1.29 bits per heavy atom. The molecule has 28 heavy (non-hydrogen) atoms. The normalized spacial score (nSPS) is 16.8. The Hall–Kier alpha value is -2.80. The van der Waals surface area contributed by atoms with E-state index < -0.39 is 0 Å². The van der Waals surface area contributed by atoms with Gasteiger partial charge in [0, 0.05) is 35.8 Å². The van der Waals surface area contributed by atoms with Crippen LogP contribution >= 0.6 is 11.3 Å². The van der Waals surface area contributed by atoms with Crippen molar-refractivity contribution in [2.24, 2.45) is 0 Å². The van der Waals surface area contributed by atoms with Gasteiger partial charge in [-0.05, 0) is 48.6 Å². The molecule has 1 amide bonds. The highest BCUT2D eigenvalue weighted by atomic mass is 32.1. The fourth-order valence-electron chi connectivity index (χ4n) is 3.47. The first-order valence-electron chi connectivity index (χ1n) is 9.33. The van der Waals surface area contributed by atoms with E-state index in [0.29, 0.717) is 24.6 Å². The van der Waals surface area contributed by atoms with E-state index in [1.54, 1.807) is 29.7 Å². The molecule has 1 N–H and O–H groups in total. The number of anilines is 2. The van der Waals surface area contributed by atoms with Crippen LogP contribution in [0.25, 0.3) is 0 Å². The summed E-state index contributed by atoms with van der Waals surface area (Å²) in [5.74, 6) is 0.467. The lowest BCUT2D eigenvalue weighted by Gasteiger charge is -2.32. The summed E-state index contributed by atoms with van der Waals surface area (Å²) in [5.41, 5.74) is 1.51. The zero-order valence-corrected chi connectivity index (χ0v) is 16.2. The van der Waals surface area contributed by atoms with Gasteiger partial charge >= 0.3 is 0 Å². The molecule has 144 valence electrons. The van der Waals surface area contributed by atoms with Crippen molar-refractivity contribution in [3.63, 3.8) is 0 Å². The predicted molar refractivity (Wildman–Crippen MR) is 108 cm³/mol. The van der Waals surface area contributed by atoms with Crippen molar-refractivity contribution in [2.45, 2.75) is 25.2 Å². The lowest BCUT2D eigenvalue weighted by Crippen LogP contribution is -2.40. The van der Waals surface area contributed by atoms with E-state index in [1.807, 2.05) is 28.5 Å². The molecule has 0 unspecified atom stereocenters. The fourth-order valence-corrected chi connectivity index (χ4v) is 4.17. The van der Waals surface area contributed by atoms with Gasteiger partial charge in [0.2, 0.25) is 11.9 Å². The number of halogens is 1. The lowest BCUT2D eigenvalue weighted by molar-refractivity contribution is -0.131. The summed E-state index contributed by atoms with van der Waals surface area (Å²) in [6, 6.07) is 12.1. The van der Waals surface area contributed by atoms with E-state index in [0.717, 1.165) is 30.0 Å². The topological polar surface area (TPSA) is 58.1 Å². The van der Waals surface area contributed by atoms with Crippen LogP contribution in [0.1, 0.15) is 29.3 Å². The van der Waals surface area contributed by atoms with Gasteiger partial charge in [-0.3, -0.25) is 4.79 Å². The lowest BCUT2D eigenvalue weighted by atomic mass is 9.94. The van der Waals surface area contributed by atoms with Crippen LogP contribution in [0, 0.1) is 5.82 Å². The minimum absolute atomic E-state index is 0.166. The van der Waals surface area contributed by atoms with Gasteiger partial charge in [0.15, 0.2) is 0 Å². The third kappa shape index (κ3) is 4.54. The second-order valence-electron chi connectivity index (χ2n) is 6.88. The van der Waals surface area contributed by atoms with Crippen LogP contribution in [0.4, 0.5) is 16.0 Å². The van der Waals surface area contributed by atoms with Gasteiger partial charge in [0.1, 0.15) is 5.82 Å². The van der Waals surface area contributed by atoms with E-state index in [1.165, 1.54) is 12.1 Å². The smallest absolute Gasteiger partial charge is 0.227 e. The molecule has 1 aliphatic rings. The number of hydrogen-bond acceptors (Lipinski definition) is 5. The number of nitrogens with zero attached hydrogens (tertiary/aromatic N) is 3. The minimum atomic E-state index is -0.312. The van der Waals surface area contributed by atoms with Crippen LogP contribution in [0.15, 0.2) is 54.0 Å². The van der Waals surface area contributed by atoms with Gasteiger partial charge in [-0.15, -0.1) is 11.3 Å². The molecule has 7 heteroatoms. The third-order valence-electron chi connectivity index (χ3n) is 4.86. The molecular formula is C21H21FN4OS. The molecule has 4 rings (SSSR count). The number of hydrogen-bond donors (Lipinski definition) is 1. The van der Waals surface area contributed by atoms with Crippen molar-refractivity contribution in [3.8, 4) is 0 Å². The van der Waals surface area contributed by atoms with E-state index in [9.17, 15) is 9.18 Å². The summed E-state index contributed by atoms with van der Waals surface area (Å²) in [4.78, 5) is 24.5. The number of carbonyl (C=O) groups is 1. The van der Waals surface area contributed by atoms with Gasteiger partial charge in [-0.1, -0.05) is 12.1 Å². The number of likely N-dealkylation sites (tertiary alicyclic amines) is 1. The second kappa shape index (κ2) is 8.48. The maximum atomic E-state index is 13.4. The van der Waals surface area contributed by atoms with Crippen LogP contribution < -0.4 is 5.32 Å². The molecule has 2 aromatic heterocycles. The van der Waals surface area contributed by atoms with Crippen LogP contribution in [-0.2, 0) is 11.2 Å². The largest absolute Gasteiger partial charge is 0.342 e. The average Bonchev–Trinajstić information content (AvgIpc) is 3.21. The monoisotopic (exact) mass is 396 g/mol. The molecule has 0 radical (unpaired) electrons. The second-order valence-corrected chi connectivity index (χ2v) is 7.91. The molecule has 0 saturated carbocycles. The maximum Gasteiger partial charge on any atom is 0.227 e. The van der Waals surface area contributed by atoms with Crippen LogP contribution in [-0.4, -0.2) is 33.9 Å². The van der Waals surface area contributed by atoms with Crippen molar-refractivity contribution in [1.82, 2.24) is 14.9 Å². The van der Waals surface area contributed by atoms with E-state index in [2.05, 4.69) is 15.3 Å². The molecular weight excluding hydrogens is 375 g/mol. The third-order valence-corrected chi connectivity index (χ3v) is 5.73. The van der Waals surface area contributed by atoms with Crippen LogP contribution in [0.2, 0.25) is 0 Å². The molecule has 1 aromatic carbocycles. The zero-order chi connectivity index (χ0) is 19.3. The molecule has 3 aromatic rings. The SMILES string of the molecule is O=C(Cc1cccs1)N1CCC[C@@H](c2ccnc(Nc3cccc(F)c3)n2)C1. The first-order chi connectivity index (χ1) is 13.7. The zero-order valence-electron chi connectivity index (χ0n) is 15.3. The number of piperidine rings is 1. The quantitative estimate of drug-likeness (QED) is 0.696. The molecule has 1 aliphatic heterocycles. The first-order valence-corrected chi connectivity index (χ1v) is 10.2. The highest BCUT2D eigenvalue weighted by molar-refractivity contribution is 7.10. The van der Waals surface area contributed by atoms with Crippen molar-refractivity contribution in [2.75, 3.05) is 18.4 Å². The van der Waals surface area contributed by atoms with Gasteiger partial charge < -0.3 is 10.2 Å². The standard InChI is InChI=1S/C21H21FN4OS/c22-16-5-1-6-17(12-16)24-21-23-9-8-19(25-21)15-4-2-10-26(14-15)20(27)13-18-7-3-11-28-18/h1,3,5-9,11-12,15H,2,4,10,13-14H2,(H,23,24,25)/t15-/m1/s1. The first kappa shape index (κ1) is 18.6. The molecule has 3 heterocycles. The molecule has 5 nitrogen and oxygen atoms in total. The summed E-state index contributed by atoms with van der Waals surface area (Å²) in [7, 11) is 0. The summed E-state index contributed by atoms with van der Waals surface area (Å²) >= 11 is 1.61. The molecule has 1 fully saturated rings. The van der Waals surface area contributed by atoms with Gasteiger partial charge in [0.25, 0.3) is 0 Å². The van der Waals surface area contributed by atoms with E-state index >= 15 is 0 Å². The number of nitrogens with one attached hydrogen (secondary N) is 1. The molecule has 1 atom stereocenters. The summed E-state index contributed by atoms with van der Waals surface area (Å²) in [5, 5.41) is 5.04. The fraction of sp³-hybridized carbons (Fsp3) is 0.286. The highest BCUT2D eigenvalue weighted by Gasteiger charge is 2.26. The number of amides is 1. The Morgan fingerprint density at radius 2 is 2.21 bits per heavy atom. The number of benzene rings is 1. The Morgan fingerprint density at radius 3 is 3.04 bits per heavy atom. The van der Waals surface area contributed by atoms with Gasteiger partial charge in [0.05, 0.1) is 12.1 Å². The molecule has 1 saturated heterocycles. The summed E-state index contributed by atoms with van der Waals surface area (Å²) in [6.07, 6.45) is 4.10. The number of aromatic nitrogens is 2. The Bertz CT molecular complexity index is 947. The van der Waals surface area contributed by atoms with Crippen molar-refractivity contribution < 1.29 is 9.18 Å². The summed E-state index contributed by atoms with van der Waals surface area (Å²) in [6.45, 7) is 1.46. The Labute approximate surface area is 167 Å². The van der Waals surface area contributed by atoms with Crippen molar-refractivity contribution in [1.29, 1.82) is 0 Å². The van der Waals surface area contributed by atoms with Crippen molar-refractivity contribution >= 4 is 28.9 Å². The number of carbonyl (C=O) groups excluding carboxylic acids is 1. The molecule has 0 aliphatic carbocycles. The number of rotatable bonds is 5. The molecule has 0 spiro atoms. The average molecular weight is 396 g/mol. The highest BCUT2D eigenvalue weighted by Crippen LogP contribution is 2.27. The Balaban J connectivity index is 1.44. The maximum absolute atomic E-state index is 13.4. The van der Waals surface area contributed by atoms with Crippen LogP contribution in [0.5, 0.6) is 0 Å².